The fourth-order valence-electron chi connectivity index (χ4n) is 2.46. The summed E-state index contributed by atoms with van der Waals surface area (Å²) in [7, 11) is 0. The molecule has 0 saturated carbocycles. The average molecular weight is 293 g/mol. The van der Waals surface area contributed by atoms with Crippen molar-refractivity contribution in [2.75, 3.05) is 0 Å². The summed E-state index contributed by atoms with van der Waals surface area (Å²) < 4.78 is 0. The minimum absolute atomic E-state index is 0.0763. The molecule has 1 aromatic rings. The van der Waals surface area contributed by atoms with Gasteiger partial charge in [0.15, 0.2) is 0 Å². The summed E-state index contributed by atoms with van der Waals surface area (Å²) in [6.45, 7) is 1.68. The molecule has 0 radical (unpaired) electrons. The van der Waals surface area contributed by atoms with Crippen molar-refractivity contribution in [1.29, 1.82) is 0 Å². The molecule has 1 atom stereocenters. The van der Waals surface area contributed by atoms with Gasteiger partial charge in [0.2, 0.25) is 0 Å². The van der Waals surface area contributed by atoms with Gasteiger partial charge in [-0.2, -0.15) is 0 Å². The van der Waals surface area contributed by atoms with E-state index in [0.717, 1.165) is 0 Å². The molecule has 104 valence electrons. The van der Waals surface area contributed by atoms with E-state index < -0.39 is 17.4 Å². The lowest BCUT2D eigenvalue weighted by molar-refractivity contribution is -0.142. The van der Waals surface area contributed by atoms with Gasteiger partial charge in [0.25, 0.3) is 0 Å². The molecule has 2 rings (SSSR count). The third kappa shape index (κ3) is 2.47. The van der Waals surface area contributed by atoms with Gasteiger partial charge in [-0.1, -0.05) is 35.4 Å². The number of carboxylic acids is 2. The summed E-state index contributed by atoms with van der Waals surface area (Å²) in [5.74, 6) is -2.20. The summed E-state index contributed by atoms with van der Waals surface area (Å²) in [6, 6.07) is 6.51. The third-order valence-electron chi connectivity index (χ3n) is 3.34. The lowest BCUT2D eigenvalue weighted by atomic mass is 9.71. The fourth-order valence-corrected chi connectivity index (χ4v) is 2.65. The Morgan fingerprint density at radius 1 is 1.30 bits per heavy atom. The number of hydrogen-bond acceptors (Lipinski definition) is 2. The van der Waals surface area contributed by atoms with Gasteiger partial charge < -0.3 is 10.2 Å². The van der Waals surface area contributed by atoms with E-state index in [4.69, 9.17) is 16.7 Å². The average Bonchev–Trinajstić information content (AvgIpc) is 2.37. The molecule has 1 aliphatic rings. The second-order valence-electron chi connectivity index (χ2n) is 4.83. The molecule has 1 aliphatic carbocycles. The van der Waals surface area contributed by atoms with Gasteiger partial charge in [0.1, 0.15) is 5.41 Å². The van der Waals surface area contributed by atoms with Crippen LogP contribution in [0.3, 0.4) is 0 Å². The maximum absolute atomic E-state index is 11.8. The summed E-state index contributed by atoms with van der Waals surface area (Å²) in [4.78, 5) is 23.0. The van der Waals surface area contributed by atoms with Crippen molar-refractivity contribution in [2.24, 2.45) is 0 Å². The van der Waals surface area contributed by atoms with E-state index in [0.29, 0.717) is 16.2 Å². The highest BCUT2D eigenvalue weighted by molar-refractivity contribution is 6.30. The van der Waals surface area contributed by atoms with Crippen molar-refractivity contribution in [3.8, 4) is 0 Å². The molecule has 0 aromatic heterocycles. The molecule has 0 saturated heterocycles. The zero-order valence-electron chi connectivity index (χ0n) is 10.8. The zero-order chi connectivity index (χ0) is 14.9. The highest BCUT2D eigenvalue weighted by Crippen LogP contribution is 2.38. The molecule has 0 aliphatic heterocycles. The molecule has 5 heteroatoms. The lowest BCUT2D eigenvalue weighted by Gasteiger charge is -2.30. The van der Waals surface area contributed by atoms with Crippen molar-refractivity contribution in [3.05, 3.63) is 58.1 Å². The highest BCUT2D eigenvalue weighted by Gasteiger charge is 2.42. The number of carbonyl (C=O) groups is 2. The smallest absolute Gasteiger partial charge is 0.331 e. The van der Waals surface area contributed by atoms with E-state index in [9.17, 15) is 14.7 Å². The molecule has 0 bridgehead atoms. The van der Waals surface area contributed by atoms with E-state index in [1.54, 1.807) is 37.3 Å². The fraction of sp³-hybridized carbons (Fsp3) is 0.200. The van der Waals surface area contributed by atoms with Gasteiger partial charge in [0.05, 0.1) is 0 Å². The Morgan fingerprint density at radius 2 is 2.00 bits per heavy atom. The summed E-state index contributed by atoms with van der Waals surface area (Å²) in [6.07, 6.45) is 2.97. The van der Waals surface area contributed by atoms with Crippen LogP contribution in [0.25, 0.3) is 0 Å². The molecule has 2 N–H and O–H groups in total. The second kappa shape index (κ2) is 5.13. The van der Waals surface area contributed by atoms with Crippen LogP contribution in [0.15, 0.2) is 47.6 Å². The molecule has 4 nitrogen and oxygen atoms in total. The molecule has 1 unspecified atom stereocenters. The molecule has 0 spiro atoms. The minimum atomic E-state index is -1.39. The first kappa shape index (κ1) is 14.3. The van der Waals surface area contributed by atoms with Crippen molar-refractivity contribution in [2.45, 2.75) is 18.8 Å². The second-order valence-corrected chi connectivity index (χ2v) is 5.26. The van der Waals surface area contributed by atoms with Gasteiger partial charge in [-0.05, 0) is 30.7 Å². The van der Waals surface area contributed by atoms with E-state index >= 15 is 0 Å². The summed E-state index contributed by atoms with van der Waals surface area (Å²) in [5, 5.41) is 19.2. The quantitative estimate of drug-likeness (QED) is 0.898. The highest BCUT2D eigenvalue weighted by atomic mass is 35.5. The topological polar surface area (TPSA) is 74.6 Å². The number of allylic oxidation sites excluding steroid dienone is 2. The molecular formula is C15H13ClO4. The first-order chi connectivity index (χ1) is 9.35. The Bertz CT molecular complexity index is 645. The van der Waals surface area contributed by atoms with Crippen LogP contribution in [0.5, 0.6) is 0 Å². The molecule has 0 fully saturated rings. The third-order valence-corrected chi connectivity index (χ3v) is 3.58. The number of benzene rings is 1. The van der Waals surface area contributed by atoms with Crippen molar-refractivity contribution < 1.29 is 19.8 Å². The van der Waals surface area contributed by atoms with Crippen molar-refractivity contribution >= 4 is 23.5 Å². The van der Waals surface area contributed by atoms with Crippen LogP contribution in [0, 0.1) is 0 Å². The lowest BCUT2D eigenvalue weighted by Crippen LogP contribution is -2.37. The predicted molar refractivity (Wildman–Crippen MR) is 74.9 cm³/mol. The van der Waals surface area contributed by atoms with Gasteiger partial charge >= 0.3 is 11.9 Å². The molecule has 1 aromatic carbocycles. The van der Waals surface area contributed by atoms with E-state index in [-0.39, 0.29) is 12.0 Å². The normalized spacial score (nSPS) is 21.9. The van der Waals surface area contributed by atoms with E-state index in [1.165, 1.54) is 6.08 Å². The number of hydrogen-bond donors (Lipinski definition) is 2. The largest absolute Gasteiger partial charge is 0.480 e. The Morgan fingerprint density at radius 3 is 2.55 bits per heavy atom. The van der Waals surface area contributed by atoms with E-state index in [2.05, 4.69) is 0 Å². The Labute approximate surface area is 121 Å². The van der Waals surface area contributed by atoms with Gasteiger partial charge in [-0.25, -0.2) is 4.79 Å². The number of aliphatic carboxylic acids is 2. The number of carboxylic acid groups (broad SMARTS) is 2. The first-order valence-corrected chi connectivity index (χ1v) is 6.36. The molecule has 0 heterocycles. The van der Waals surface area contributed by atoms with Crippen LogP contribution in [-0.4, -0.2) is 22.2 Å². The van der Waals surface area contributed by atoms with Crippen LogP contribution in [0.4, 0.5) is 0 Å². The van der Waals surface area contributed by atoms with Crippen LogP contribution < -0.4 is 0 Å². The van der Waals surface area contributed by atoms with Crippen molar-refractivity contribution in [3.63, 3.8) is 0 Å². The maximum atomic E-state index is 11.8. The minimum Gasteiger partial charge on any atom is -0.480 e. The molecule has 0 amide bonds. The summed E-state index contributed by atoms with van der Waals surface area (Å²) in [5.41, 5.74) is -0.232. The Hall–Kier alpha value is -2.07. The predicted octanol–water partition coefficient (Wildman–Crippen LogP) is 3.02. The maximum Gasteiger partial charge on any atom is 0.331 e. The van der Waals surface area contributed by atoms with Crippen LogP contribution in [0.1, 0.15) is 18.9 Å². The molecular weight excluding hydrogens is 280 g/mol. The van der Waals surface area contributed by atoms with Crippen LogP contribution in [-0.2, 0) is 15.0 Å². The number of halogens is 1. The van der Waals surface area contributed by atoms with Crippen LogP contribution in [0.2, 0.25) is 5.02 Å². The van der Waals surface area contributed by atoms with Crippen LogP contribution >= 0.6 is 11.6 Å². The Balaban J connectivity index is 2.61. The number of rotatable bonds is 3. The summed E-state index contributed by atoms with van der Waals surface area (Å²) >= 11 is 5.92. The monoisotopic (exact) mass is 292 g/mol. The van der Waals surface area contributed by atoms with Gasteiger partial charge in [0, 0.05) is 17.0 Å². The van der Waals surface area contributed by atoms with Crippen molar-refractivity contribution in [1.82, 2.24) is 0 Å². The standard InChI is InChI=1S/C15H13ClO4/c1-9-5-10(13(17)18)8-15(7-9,14(19)20)11-3-2-4-12(16)6-11/h2-7H,8H2,1H3,(H,17,18)(H,19,20). The van der Waals surface area contributed by atoms with E-state index in [1.807, 2.05) is 0 Å². The zero-order valence-corrected chi connectivity index (χ0v) is 11.5. The Kier molecular flexibility index (Phi) is 3.68. The van der Waals surface area contributed by atoms with Gasteiger partial charge in [-0.3, -0.25) is 4.79 Å². The molecule has 20 heavy (non-hydrogen) atoms. The first-order valence-electron chi connectivity index (χ1n) is 5.98. The SMILES string of the molecule is CC1=CC(C(=O)O)(c2cccc(Cl)c2)CC(C(=O)O)=C1. The van der Waals surface area contributed by atoms with Gasteiger partial charge in [-0.15, -0.1) is 0 Å².